The van der Waals surface area contributed by atoms with Crippen LogP contribution < -0.4 is 0 Å². The van der Waals surface area contributed by atoms with E-state index in [0.29, 0.717) is 24.5 Å². The first-order valence-corrected chi connectivity index (χ1v) is 8.86. The van der Waals surface area contributed by atoms with E-state index in [4.69, 9.17) is 0 Å². The molecular formula is C19H30O3. The van der Waals surface area contributed by atoms with Crippen molar-refractivity contribution in [1.82, 2.24) is 0 Å². The van der Waals surface area contributed by atoms with Gasteiger partial charge in [-0.05, 0) is 31.1 Å². The minimum absolute atomic E-state index is 0.0138. The predicted octanol–water partition coefficient (Wildman–Crippen LogP) is 2.79. The van der Waals surface area contributed by atoms with E-state index >= 15 is 0 Å². The summed E-state index contributed by atoms with van der Waals surface area (Å²) in [4.78, 5) is 11.9. The van der Waals surface area contributed by atoms with E-state index in [-0.39, 0.29) is 23.7 Å². The Hall–Kier alpha value is -0.850. The number of carbonyl (C=O) groups is 1. The summed E-state index contributed by atoms with van der Waals surface area (Å²) >= 11 is 0. The first kappa shape index (κ1) is 17.5. The fraction of sp³-hybridized carbons (Fsp3) is 0.842. The van der Waals surface area contributed by atoms with Crippen LogP contribution in [0.3, 0.4) is 0 Å². The molecule has 2 aliphatic carbocycles. The second-order valence-corrected chi connectivity index (χ2v) is 7.33. The molecule has 3 heteroatoms. The summed E-state index contributed by atoms with van der Waals surface area (Å²) in [6.07, 6.45) is 4.56. The van der Waals surface area contributed by atoms with Gasteiger partial charge in [-0.3, -0.25) is 4.79 Å². The maximum absolute atomic E-state index is 11.9. The van der Waals surface area contributed by atoms with E-state index < -0.39 is 12.2 Å². The molecule has 3 nitrogen and oxygen atoms in total. The van der Waals surface area contributed by atoms with Gasteiger partial charge in [-0.2, -0.15) is 0 Å². The monoisotopic (exact) mass is 306 g/mol. The number of Topliss-reactive ketones (excluding diaryl/α,β-unsaturated/α-hetero) is 1. The third-order valence-electron chi connectivity index (χ3n) is 5.55. The highest BCUT2D eigenvalue weighted by atomic mass is 16.3. The van der Waals surface area contributed by atoms with Crippen LogP contribution in [0.4, 0.5) is 0 Å². The minimum Gasteiger partial charge on any atom is -0.392 e. The molecule has 7 atom stereocenters. The summed E-state index contributed by atoms with van der Waals surface area (Å²) in [5.74, 6) is 7.01. The third kappa shape index (κ3) is 3.73. The number of aliphatic hydroxyl groups excluding tert-OH is 2. The molecular weight excluding hydrogens is 276 g/mol. The molecule has 0 aromatic carbocycles. The van der Waals surface area contributed by atoms with Crippen LogP contribution in [0.5, 0.6) is 0 Å². The summed E-state index contributed by atoms with van der Waals surface area (Å²) in [5.41, 5.74) is 0. The summed E-state index contributed by atoms with van der Waals surface area (Å²) in [6, 6.07) is 0. The summed E-state index contributed by atoms with van der Waals surface area (Å²) < 4.78 is 0. The Bertz CT molecular complexity index is 447. The Morgan fingerprint density at radius 1 is 1.36 bits per heavy atom. The van der Waals surface area contributed by atoms with Crippen LogP contribution in [0.15, 0.2) is 0 Å². The molecule has 124 valence electrons. The predicted molar refractivity (Wildman–Crippen MR) is 87.0 cm³/mol. The van der Waals surface area contributed by atoms with Crippen molar-refractivity contribution in [3.63, 3.8) is 0 Å². The lowest BCUT2D eigenvalue weighted by molar-refractivity contribution is -0.151. The molecule has 0 saturated heterocycles. The van der Waals surface area contributed by atoms with Crippen LogP contribution in [0, 0.1) is 41.4 Å². The van der Waals surface area contributed by atoms with Gasteiger partial charge in [0.1, 0.15) is 11.9 Å². The van der Waals surface area contributed by atoms with Crippen LogP contribution in [0.25, 0.3) is 0 Å². The van der Waals surface area contributed by atoms with E-state index in [1.165, 1.54) is 12.8 Å². The van der Waals surface area contributed by atoms with Crippen LogP contribution >= 0.6 is 0 Å². The molecule has 2 aliphatic rings. The number of hydrogen-bond donors (Lipinski definition) is 2. The molecule has 0 heterocycles. The second kappa shape index (κ2) is 7.62. The van der Waals surface area contributed by atoms with Gasteiger partial charge in [-0.25, -0.2) is 0 Å². The van der Waals surface area contributed by atoms with Crippen molar-refractivity contribution in [2.24, 2.45) is 29.6 Å². The molecule has 2 rings (SSSR count). The van der Waals surface area contributed by atoms with Gasteiger partial charge in [0.2, 0.25) is 0 Å². The van der Waals surface area contributed by atoms with Gasteiger partial charge in [-0.15, -0.1) is 0 Å². The number of carbonyl (C=O) groups excluding carboxylic acids is 1. The van der Waals surface area contributed by atoms with E-state index in [1.807, 2.05) is 6.92 Å². The zero-order valence-corrected chi connectivity index (χ0v) is 14.1. The van der Waals surface area contributed by atoms with E-state index in [9.17, 15) is 15.0 Å². The molecule has 22 heavy (non-hydrogen) atoms. The number of unbranched alkanes of at least 4 members (excludes halogenated alkanes) is 1. The fourth-order valence-corrected chi connectivity index (χ4v) is 4.12. The summed E-state index contributed by atoms with van der Waals surface area (Å²) in [7, 11) is 0. The van der Waals surface area contributed by atoms with Crippen molar-refractivity contribution in [3.05, 3.63) is 0 Å². The smallest absolute Gasteiger partial charge is 0.139 e. The van der Waals surface area contributed by atoms with Gasteiger partial charge in [0, 0.05) is 11.8 Å². The van der Waals surface area contributed by atoms with Gasteiger partial charge < -0.3 is 10.2 Å². The average molecular weight is 306 g/mol. The maximum Gasteiger partial charge on any atom is 0.139 e. The Morgan fingerprint density at radius 2 is 2.09 bits per heavy atom. The number of ketones is 1. The quantitative estimate of drug-likeness (QED) is 0.768. The van der Waals surface area contributed by atoms with Crippen LogP contribution in [0.1, 0.15) is 59.3 Å². The first-order valence-electron chi connectivity index (χ1n) is 8.86. The number of hydrogen-bond acceptors (Lipinski definition) is 3. The van der Waals surface area contributed by atoms with Crippen LogP contribution in [0.2, 0.25) is 0 Å². The Kier molecular flexibility index (Phi) is 6.06. The van der Waals surface area contributed by atoms with Gasteiger partial charge in [0.05, 0.1) is 12.0 Å². The number of rotatable bonds is 5. The summed E-state index contributed by atoms with van der Waals surface area (Å²) in [6.45, 7) is 6.27. The Morgan fingerprint density at radius 3 is 2.77 bits per heavy atom. The van der Waals surface area contributed by atoms with Crippen LogP contribution in [-0.2, 0) is 4.79 Å². The number of aliphatic hydroxyl groups is 2. The molecule has 2 saturated carbocycles. The topological polar surface area (TPSA) is 57.5 Å². The minimum atomic E-state index is -0.620. The van der Waals surface area contributed by atoms with Crippen molar-refractivity contribution < 1.29 is 15.0 Å². The van der Waals surface area contributed by atoms with Crippen LogP contribution in [-0.4, -0.2) is 28.2 Å². The molecule has 0 radical (unpaired) electrons. The van der Waals surface area contributed by atoms with Crippen molar-refractivity contribution >= 4 is 5.78 Å². The van der Waals surface area contributed by atoms with Crippen molar-refractivity contribution in [2.45, 2.75) is 71.5 Å². The Labute approximate surface area is 134 Å². The van der Waals surface area contributed by atoms with Crippen molar-refractivity contribution in [2.75, 3.05) is 0 Å². The van der Waals surface area contributed by atoms with Gasteiger partial charge >= 0.3 is 0 Å². The highest BCUT2D eigenvalue weighted by Gasteiger charge is 2.54. The molecule has 1 unspecified atom stereocenters. The third-order valence-corrected chi connectivity index (χ3v) is 5.55. The average Bonchev–Trinajstić information content (AvgIpc) is 2.50. The SMILES string of the molecule is CCCC[C@H](C)C[C@H](O)C#C[C@H]1[C@@H]2C(C)C(=O)[C@@H]2CC[C@@H]1O. The standard InChI is InChI=1S/C19H30O3/c1-4-5-6-12(2)11-14(20)7-8-15-17(21)10-9-16-18(15)13(3)19(16)22/h12-18,20-21H,4-6,9-11H2,1-3H3/t12-,13?,14+,15+,16+,17-,18-/m0/s1. The highest BCUT2D eigenvalue weighted by Crippen LogP contribution is 2.49. The maximum atomic E-state index is 11.9. The van der Waals surface area contributed by atoms with E-state index in [1.54, 1.807) is 0 Å². The zero-order chi connectivity index (χ0) is 16.3. The molecule has 0 amide bonds. The fourth-order valence-electron chi connectivity index (χ4n) is 4.12. The lowest BCUT2D eigenvalue weighted by atomic mass is 9.53. The van der Waals surface area contributed by atoms with Gasteiger partial charge in [-0.1, -0.05) is 51.9 Å². The van der Waals surface area contributed by atoms with Gasteiger partial charge in [0.25, 0.3) is 0 Å². The second-order valence-electron chi connectivity index (χ2n) is 7.33. The molecule has 2 N–H and O–H groups in total. The molecule has 0 aliphatic heterocycles. The largest absolute Gasteiger partial charge is 0.392 e. The molecule has 2 fully saturated rings. The lowest BCUT2D eigenvalue weighted by Gasteiger charge is -2.49. The zero-order valence-electron chi connectivity index (χ0n) is 14.1. The summed E-state index contributed by atoms with van der Waals surface area (Å²) in [5, 5.41) is 20.3. The molecule has 0 bridgehead atoms. The Balaban J connectivity index is 1.92. The lowest BCUT2D eigenvalue weighted by Crippen LogP contribution is -2.55. The van der Waals surface area contributed by atoms with Crippen molar-refractivity contribution in [1.29, 1.82) is 0 Å². The van der Waals surface area contributed by atoms with E-state index in [2.05, 4.69) is 25.7 Å². The van der Waals surface area contributed by atoms with Gasteiger partial charge in [0.15, 0.2) is 0 Å². The van der Waals surface area contributed by atoms with E-state index in [0.717, 1.165) is 12.8 Å². The first-order chi connectivity index (χ1) is 10.5. The normalized spacial score (nSPS) is 36.6. The molecule has 0 aromatic rings. The molecule has 0 aromatic heterocycles. The molecule has 0 spiro atoms. The highest BCUT2D eigenvalue weighted by molar-refractivity contribution is 5.90. The number of fused-ring (bicyclic) bond motifs is 1. The van der Waals surface area contributed by atoms with Crippen molar-refractivity contribution in [3.8, 4) is 11.8 Å².